The van der Waals surface area contributed by atoms with Crippen molar-refractivity contribution in [2.24, 2.45) is 0 Å². The summed E-state index contributed by atoms with van der Waals surface area (Å²) in [6, 6.07) is 5.64. The van der Waals surface area contributed by atoms with Crippen molar-refractivity contribution in [1.29, 1.82) is 0 Å². The van der Waals surface area contributed by atoms with Crippen LogP contribution in [0.1, 0.15) is 0 Å². The molecule has 56 heavy (non-hydrogen) atoms. The molecule has 0 saturated carbocycles. The first-order valence-electron chi connectivity index (χ1n) is 17.1. The molecule has 0 amide bonds. The Labute approximate surface area is 314 Å². The van der Waals surface area contributed by atoms with Gasteiger partial charge in [0.25, 0.3) is 0 Å². The number of phenolic OH excluding ortho intramolecular Hbond substituents is 2. The van der Waals surface area contributed by atoms with Gasteiger partial charge in [-0.25, -0.2) is 0 Å². The third-order valence-corrected chi connectivity index (χ3v) is 9.62. The highest BCUT2D eigenvalue weighted by atomic mass is 16.7. The van der Waals surface area contributed by atoms with E-state index in [-0.39, 0.29) is 33.8 Å². The Bertz CT molecular complexity index is 1880. The molecule has 0 aliphatic carbocycles. The molecule has 3 fully saturated rings. The molecule has 310 valence electrons. The first-order chi connectivity index (χ1) is 26.6. The number of fused-ring (bicyclic) bond motifs is 1. The van der Waals surface area contributed by atoms with E-state index in [0.29, 0.717) is 0 Å². The van der Waals surface area contributed by atoms with Crippen molar-refractivity contribution in [3.05, 3.63) is 40.6 Å². The molecule has 15 atom stereocenters. The maximum atomic E-state index is 13.5. The minimum absolute atomic E-state index is 0.0238. The maximum Gasteiger partial charge on any atom is 0.239 e. The van der Waals surface area contributed by atoms with E-state index < -0.39 is 135 Å². The van der Waals surface area contributed by atoms with E-state index >= 15 is 0 Å². The molecule has 0 spiro atoms. The van der Waals surface area contributed by atoms with Crippen LogP contribution in [-0.2, 0) is 18.9 Å². The van der Waals surface area contributed by atoms with Gasteiger partial charge in [-0.2, -0.15) is 0 Å². The van der Waals surface area contributed by atoms with Crippen molar-refractivity contribution < 1.29 is 104 Å². The lowest BCUT2D eigenvalue weighted by Gasteiger charge is -2.42. The highest BCUT2D eigenvalue weighted by molar-refractivity contribution is 5.88. The average molecular weight is 803 g/mol. The minimum Gasteiger partial charge on any atom is -0.507 e. The lowest BCUT2D eigenvalue weighted by molar-refractivity contribution is -0.323. The van der Waals surface area contributed by atoms with Gasteiger partial charge in [-0.1, -0.05) is 0 Å². The number of aromatic hydroxyl groups is 2. The fourth-order valence-corrected chi connectivity index (χ4v) is 6.43. The molecule has 13 N–H and O–H groups in total. The molecule has 22 nitrogen and oxygen atoms in total. The minimum atomic E-state index is -1.91. The number of hydrogen-bond donors (Lipinski definition) is 13. The van der Waals surface area contributed by atoms with Gasteiger partial charge in [-0.3, -0.25) is 4.79 Å². The van der Waals surface area contributed by atoms with E-state index in [2.05, 4.69) is 0 Å². The molecule has 2 aromatic carbocycles. The van der Waals surface area contributed by atoms with Crippen molar-refractivity contribution in [3.8, 4) is 40.1 Å². The molecule has 3 aromatic rings. The Kier molecular flexibility index (Phi) is 12.6. The number of rotatable bonds is 11. The Morgan fingerprint density at radius 3 is 1.73 bits per heavy atom. The zero-order valence-corrected chi connectivity index (χ0v) is 29.2. The van der Waals surface area contributed by atoms with E-state index in [1.807, 2.05) is 0 Å². The molecule has 1 aromatic heterocycles. The number of benzene rings is 2. The summed E-state index contributed by atoms with van der Waals surface area (Å²) >= 11 is 0. The van der Waals surface area contributed by atoms with Crippen LogP contribution in [0.2, 0.25) is 0 Å². The third kappa shape index (κ3) is 7.83. The van der Waals surface area contributed by atoms with Crippen LogP contribution in [0.25, 0.3) is 22.3 Å². The van der Waals surface area contributed by atoms with Crippen LogP contribution in [0.15, 0.2) is 39.5 Å². The van der Waals surface area contributed by atoms with Crippen LogP contribution in [0.3, 0.4) is 0 Å². The zero-order chi connectivity index (χ0) is 40.7. The van der Waals surface area contributed by atoms with Crippen LogP contribution < -0.4 is 19.6 Å². The lowest BCUT2D eigenvalue weighted by Crippen LogP contribution is -2.62. The summed E-state index contributed by atoms with van der Waals surface area (Å²) in [6.07, 6.45) is -25.1. The number of aliphatic hydroxyl groups excluding tert-OH is 11. The first-order valence-corrected chi connectivity index (χ1v) is 17.1. The topological polar surface area (TPSA) is 358 Å². The van der Waals surface area contributed by atoms with E-state index in [1.54, 1.807) is 0 Å². The summed E-state index contributed by atoms with van der Waals surface area (Å²) in [5, 5.41) is 133. The highest BCUT2D eigenvalue weighted by Gasteiger charge is 2.48. The zero-order valence-electron chi connectivity index (χ0n) is 29.2. The maximum absolute atomic E-state index is 13.5. The largest absolute Gasteiger partial charge is 0.507 e. The van der Waals surface area contributed by atoms with E-state index in [4.69, 9.17) is 37.6 Å². The van der Waals surface area contributed by atoms with Crippen LogP contribution in [0.4, 0.5) is 0 Å². The van der Waals surface area contributed by atoms with Gasteiger partial charge in [0.05, 0.1) is 26.9 Å². The standard InChI is InChI=1S/C34H42O22/c1-49-31-23(42)19-13(38)5-11(51-33-28(47)26(45)22(41)18(56-33)9-50-32-27(46)24(43)20(39)16(7-35)54-32)6-15(19)52-30(31)10-2-3-14(12(37)4-10)53-34-29(48)25(44)21(40)17(8-36)55-34/h2-6,16-18,20-22,24-29,32-41,43-48H,7-9H2,1H3/t16-,17-,18-,20-,21-,22-,24+,25+,26+,27-,28-,29-,32-,33-,34-/m1/s1. The van der Waals surface area contributed by atoms with Gasteiger partial charge < -0.3 is 104 Å². The van der Waals surface area contributed by atoms with Crippen molar-refractivity contribution in [2.75, 3.05) is 26.9 Å². The number of aliphatic hydroxyl groups is 11. The van der Waals surface area contributed by atoms with Gasteiger partial charge in [-0.15, -0.1) is 0 Å². The second-order valence-corrected chi connectivity index (χ2v) is 13.3. The van der Waals surface area contributed by atoms with E-state index in [9.17, 15) is 71.2 Å². The summed E-state index contributed by atoms with van der Waals surface area (Å²) in [5.41, 5.74) is -1.15. The van der Waals surface area contributed by atoms with Gasteiger partial charge in [0.15, 0.2) is 23.5 Å². The third-order valence-electron chi connectivity index (χ3n) is 9.62. The first kappa shape index (κ1) is 41.7. The molecular formula is C34H42O22. The number of methoxy groups -OCH3 is 1. The monoisotopic (exact) mass is 802 g/mol. The molecule has 22 heteroatoms. The summed E-state index contributed by atoms with van der Waals surface area (Å²) in [6.45, 7) is -2.10. The predicted octanol–water partition coefficient (Wildman–Crippen LogP) is -4.94. The van der Waals surface area contributed by atoms with Crippen molar-refractivity contribution in [3.63, 3.8) is 0 Å². The average Bonchev–Trinajstić information content (AvgIpc) is 3.17. The lowest BCUT2D eigenvalue weighted by atomic mass is 9.98. The van der Waals surface area contributed by atoms with Crippen LogP contribution >= 0.6 is 0 Å². The Balaban J connectivity index is 1.23. The molecule has 0 unspecified atom stereocenters. The van der Waals surface area contributed by atoms with Crippen LogP contribution in [0, 0.1) is 0 Å². The smallest absolute Gasteiger partial charge is 0.239 e. The van der Waals surface area contributed by atoms with Crippen LogP contribution in [0.5, 0.6) is 28.7 Å². The Hall–Kier alpha value is -3.95. The molecular weight excluding hydrogens is 760 g/mol. The summed E-state index contributed by atoms with van der Waals surface area (Å²) < 4.78 is 44.0. The van der Waals surface area contributed by atoms with E-state index in [1.165, 1.54) is 12.1 Å². The SMILES string of the molecule is COc1c(-c2ccc(O[C@@H]3O[C@H](CO)[C@@H](O)[C@H](O)[C@H]3O)c(O)c2)oc2cc(O[C@@H]3O[C@H](CO[C@@H]4O[C@H](CO)[C@@H](O)[C@H](O)[C@H]4O)[C@@H](O)[C@H](O)[C@H]3O)cc(O)c2c1=O. The fourth-order valence-electron chi connectivity index (χ4n) is 6.43. The van der Waals surface area contributed by atoms with Crippen molar-refractivity contribution in [1.82, 2.24) is 0 Å². The molecule has 6 rings (SSSR count). The molecule has 0 radical (unpaired) electrons. The van der Waals surface area contributed by atoms with Gasteiger partial charge >= 0.3 is 0 Å². The second-order valence-electron chi connectivity index (χ2n) is 13.3. The molecule has 0 bridgehead atoms. The highest BCUT2D eigenvalue weighted by Crippen LogP contribution is 2.40. The summed E-state index contributed by atoms with van der Waals surface area (Å²) in [7, 11) is 1.14. The number of ether oxygens (including phenoxy) is 7. The molecule has 3 aliphatic heterocycles. The molecule has 4 heterocycles. The quantitative estimate of drug-likeness (QED) is 0.0863. The second kappa shape index (κ2) is 16.9. The summed E-state index contributed by atoms with van der Waals surface area (Å²) in [5.74, 6) is -2.53. The number of hydrogen-bond acceptors (Lipinski definition) is 22. The number of phenols is 2. The van der Waals surface area contributed by atoms with Crippen LogP contribution in [-0.4, -0.2) is 185 Å². The van der Waals surface area contributed by atoms with Crippen molar-refractivity contribution in [2.45, 2.75) is 92.1 Å². The molecule has 3 saturated heterocycles. The normalized spacial score (nSPS) is 36.3. The summed E-state index contributed by atoms with van der Waals surface area (Å²) in [4.78, 5) is 13.5. The van der Waals surface area contributed by atoms with Gasteiger partial charge in [0.1, 0.15) is 95.7 Å². The Morgan fingerprint density at radius 1 is 0.625 bits per heavy atom. The van der Waals surface area contributed by atoms with Gasteiger partial charge in [-0.05, 0) is 18.2 Å². The van der Waals surface area contributed by atoms with Crippen molar-refractivity contribution >= 4 is 11.0 Å². The predicted molar refractivity (Wildman–Crippen MR) is 179 cm³/mol. The fraction of sp³-hybridized carbons (Fsp3) is 0.559. The van der Waals surface area contributed by atoms with E-state index in [0.717, 1.165) is 25.3 Å². The molecule has 3 aliphatic rings. The van der Waals surface area contributed by atoms with Gasteiger partial charge in [0, 0.05) is 17.7 Å². The Morgan fingerprint density at radius 2 is 1.16 bits per heavy atom. The van der Waals surface area contributed by atoms with Gasteiger partial charge in [0.2, 0.25) is 23.8 Å².